The molecule has 2 rings (SSSR count). The molecule has 0 spiro atoms. The molecule has 1 unspecified atom stereocenters. The van der Waals surface area contributed by atoms with Gasteiger partial charge in [0.1, 0.15) is 0 Å². The van der Waals surface area contributed by atoms with E-state index in [1.54, 1.807) is 0 Å². The van der Waals surface area contributed by atoms with E-state index in [1.165, 1.54) is 113 Å². The Labute approximate surface area is 205 Å². The van der Waals surface area contributed by atoms with Crippen LogP contribution >= 0.6 is 12.4 Å². The second-order valence-electron chi connectivity index (χ2n) is 9.77. The van der Waals surface area contributed by atoms with Gasteiger partial charge in [0.15, 0.2) is 0 Å². The van der Waals surface area contributed by atoms with Crippen LogP contribution in [0.4, 0.5) is 0 Å². The Balaban J connectivity index is 0.00000512. The first-order valence-electron chi connectivity index (χ1n) is 13.5. The minimum absolute atomic E-state index is 0. The van der Waals surface area contributed by atoms with Crippen LogP contribution in [0.1, 0.15) is 115 Å². The van der Waals surface area contributed by atoms with Crippen LogP contribution < -0.4 is 0 Å². The summed E-state index contributed by atoms with van der Waals surface area (Å²) in [7, 11) is 0. The van der Waals surface area contributed by atoms with Crippen molar-refractivity contribution in [1.82, 2.24) is 9.96 Å². The van der Waals surface area contributed by atoms with Crippen molar-refractivity contribution in [3.63, 3.8) is 0 Å². The lowest BCUT2D eigenvalue weighted by Crippen LogP contribution is -2.36. The summed E-state index contributed by atoms with van der Waals surface area (Å²) in [4.78, 5) is 2.47. The third kappa shape index (κ3) is 13.8. The fourth-order valence-electron chi connectivity index (χ4n) is 4.94. The Hall–Kier alpha value is -0.610. The number of nitrogens with zero attached hydrogens (tertiary/aromatic N) is 2. The van der Waals surface area contributed by atoms with Gasteiger partial charge < -0.3 is 5.21 Å². The van der Waals surface area contributed by atoms with Crippen molar-refractivity contribution in [3.05, 3.63) is 35.9 Å². The molecule has 1 atom stereocenters. The Morgan fingerprint density at radius 1 is 0.719 bits per heavy atom. The molecule has 1 heterocycles. The molecule has 0 aliphatic carbocycles. The summed E-state index contributed by atoms with van der Waals surface area (Å²) < 4.78 is 0. The van der Waals surface area contributed by atoms with E-state index < -0.39 is 0 Å². The van der Waals surface area contributed by atoms with Crippen molar-refractivity contribution in [1.29, 1.82) is 0 Å². The lowest BCUT2D eigenvalue weighted by Gasteiger charge is -2.27. The first-order chi connectivity index (χ1) is 15.3. The summed E-state index contributed by atoms with van der Waals surface area (Å²) in [6.07, 6.45) is 23.6. The number of hydrogen-bond acceptors (Lipinski definition) is 3. The number of benzene rings is 1. The topological polar surface area (TPSA) is 26.7 Å². The van der Waals surface area contributed by atoms with E-state index in [4.69, 9.17) is 0 Å². The number of hydrogen-bond donors (Lipinski definition) is 1. The van der Waals surface area contributed by atoms with Gasteiger partial charge in [-0.15, -0.1) is 12.4 Å². The molecule has 4 heteroatoms. The molecular formula is C28H51ClN2O. The van der Waals surface area contributed by atoms with Crippen molar-refractivity contribution in [2.24, 2.45) is 0 Å². The number of hydroxylamine groups is 2. The number of halogens is 1. The summed E-state index contributed by atoms with van der Waals surface area (Å²) in [6, 6.07) is 11.4. The monoisotopic (exact) mass is 466 g/mol. The molecule has 0 amide bonds. The first-order valence-corrected chi connectivity index (χ1v) is 13.5. The molecule has 1 saturated heterocycles. The summed E-state index contributed by atoms with van der Waals surface area (Å²) >= 11 is 0. The summed E-state index contributed by atoms with van der Waals surface area (Å²) in [5.41, 5.74) is 1.42. The predicted molar refractivity (Wildman–Crippen MR) is 141 cm³/mol. The molecule has 186 valence electrons. The van der Waals surface area contributed by atoms with E-state index in [1.807, 2.05) is 0 Å². The molecule has 1 aromatic rings. The van der Waals surface area contributed by atoms with Gasteiger partial charge in [-0.25, -0.2) is 0 Å². The SMILES string of the molecule is CCCCCCCCCCCCCCCCCC(Cc1ccccc1)N1CCN(O)C1.Cl. The molecule has 1 aliphatic rings. The maximum absolute atomic E-state index is 9.81. The highest BCUT2D eigenvalue weighted by molar-refractivity contribution is 5.85. The first kappa shape index (κ1) is 29.4. The fraction of sp³-hybridized carbons (Fsp3) is 0.786. The van der Waals surface area contributed by atoms with Gasteiger partial charge >= 0.3 is 0 Å². The standard InChI is InChI=1S/C28H50N2O.ClH/c1-2-3-4-5-6-7-8-9-10-11-12-13-14-15-19-22-28(29-23-24-30(31)26-29)25-27-20-17-16-18-21-27;/h16-18,20-21,28,31H,2-15,19,22-26H2,1H3;1H. The lowest BCUT2D eigenvalue weighted by molar-refractivity contribution is -0.0842. The minimum Gasteiger partial charge on any atom is -0.313 e. The third-order valence-corrected chi connectivity index (χ3v) is 6.96. The predicted octanol–water partition coefficient (Wildman–Crippen LogP) is 8.25. The van der Waals surface area contributed by atoms with Crippen molar-refractivity contribution in [3.8, 4) is 0 Å². The molecule has 0 bridgehead atoms. The van der Waals surface area contributed by atoms with Gasteiger partial charge in [0.05, 0.1) is 6.67 Å². The summed E-state index contributed by atoms with van der Waals surface area (Å²) in [5.74, 6) is 0. The molecule has 0 radical (unpaired) electrons. The average molecular weight is 467 g/mol. The van der Waals surface area contributed by atoms with Crippen molar-refractivity contribution >= 4 is 12.4 Å². The van der Waals surface area contributed by atoms with Gasteiger partial charge in [-0.2, -0.15) is 5.06 Å². The largest absolute Gasteiger partial charge is 0.313 e. The van der Waals surface area contributed by atoms with Gasteiger partial charge in [0, 0.05) is 19.1 Å². The lowest BCUT2D eigenvalue weighted by atomic mass is 9.98. The van der Waals surface area contributed by atoms with Gasteiger partial charge in [-0.1, -0.05) is 134 Å². The zero-order valence-corrected chi connectivity index (χ0v) is 21.7. The van der Waals surface area contributed by atoms with E-state index >= 15 is 0 Å². The molecule has 1 aliphatic heterocycles. The second-order valence-corrected chi connectivity index (χ2v) is 9.77. The van der Waals surface area contributed by atoms with Crippen LogP contribution in [-0.4, -0.2) is 41.0 Å². The molecular weight excluding hydrogens is 416 g/mol. The number of unbranched alkanes of at least 4 members (excludes halogenated alkanes) is 14. The van der Waals surface area contributed by atoms with Crippen molar-refractivity contribution < 1.29 is 5.21 Å². The zero-order valence-electron chi connectivity index (χ0n) is 20.9. The highest BCUT2D eigenvalue weighted by Gasteiger charge is 2.25. The summed E-state index contributed by atoms with van der Waals surface area (Å²) in [5, 5.41) is 11.3. The quantitative estimate of drug-likeness (QED) is 0.208. The highest BCUT2D eigenvalue weighted by atomic mass is 35.5. The van der Waals surface area contributed by atoms with Gasteiger partial charge in [-0.05, 0) is 18.4 Å². The smallest absolute Gasteiger partial charge is 0.0757 e. The maximum Gasteiger partial charge on any atom is 0.0757 e. The van der Waals surface area contributed by atoms with Crippen LogP contribution in [0.5, 0.6) is 0 Å². The molecule has 1 fully saturated rings. The van der Waals surface area contributed by atoms with E-state index in [9.17, 15) is 5.21 Å². The maximum atomic E-state index is 9.81. The Morgan fingerprint density at radius 2 is 1.22 bits per heavy atom. The van der Waals surface area contributed by atoms with Crippen LogP contribution in [0.2, 0.25) is 0 Å². The van der Waals surface area contributed by atoms with Crippen molar-refractivity contribution in [2.45, 2.75) is 122 Å². The molecule has 0 saturated carbocycles. The van der Waals surface area contributed by atoms with Crippen LogP contribution in [0.3, 0.4) is 0 Å². The third-order valence-electron chi connectivity index (χ3n) is 6.96. The van der Waals surface area contributed by atoms with Crippen LogP contribution in [0.15, 0.2) is 30.3 Å². The van der Waals surface area contributed by atoms with E-state index in [2.05, 4.69) is 42.2 Å². The Morgan fingerprint density at radius 3 is 1.69 bits per heavy atom. The Bertz CT molecular complexity index is 527. The molecule has 1 aromatic carbocycles. The molecule has 1 N–H and O–H groups in total. The van der Waals surface area contributed by atoms with E-state index in [-0.39, 0.29) is 12.4 Å². The van der Waals surface area contributed by atoms with Crippen LogP contribution in [0, 0.1) is 0 Å². The van der Waals surface area contributed by atoms with E-state index in [0.29, 0.717) is 12.7 Å². The van der Waals surface area contributed by atoms with Gasteiger partial charge in [0.25, 0.3) is 0 Å². The molecule has 0 aromatic heterocycles. The number of rotatable bonds is 19. The molecule has 3 nitrogen and oxygen atoms in total. The highest BCUT2D eigenvalue weighted by Crippen LogP contribution is 2.20. The van der Waals surface area contributed by atoms with E-state index in [0.717, 1.165) is 19.5 Å². The normalized spacial score (nSPS) is 15.7. The second kappa shape index (κ2) is 19.8. The summed E-state index contributed by atoms with van der Waals surface area (Å²) in [6.45, 7) is 4.77. The van der Waals surface area contributed by atoms with Crippen LogP contribution in [0.25, 0.3) is 0 Å². The van der Waals surface area contributed by atoms with Crippen LogP contribution in [-0.2, 0) is 6.42 Å². The van der Waals surface area contributed by atoms with Gasteiger partial charge in [-0.3, -0.25) is 4.90 Å². The zero-order chi connectivity index (χ0) is 22.0. The minimum atomic E-state index is 0. The van der Waals surface area contributed by atoms with Crippen molar-refractivity contribution in [2.75, 3.05) is 19.8 Å². The molecule has 32 heavy (non-hydrogen) atoms. The van der Waals surface area contributed by atoms with Gasteiger partial charge in [0.2, 0.25) is 0 Å². The average Bonchev–Trinajstić information content (AvgIpc) is 3.22. The fourth-order valence-corrected chi connectivity index (χ4v) is 4.94. The Kier molecular flexibility index (Phi) is 18.2.